The molecule has 0 aromatic heterocycles. The van der Waals surface area contributed by atoms with Crippen molar-refractivity contribution in [1.29, 1.82) is 0 Å². The summed E-state index contributed by atoms with van der Waals surface area (Å²) in [7, 11) is 0. The summed E-state index contributed by atoms with van der Waals surface area (Å²) in [5, 5.41) is 3.99. The lowest BCUT2D eigenvalue weighted by atomic mass is 10.0. The van der Waals surface area contributed by atoms with Crippen molar-refractivity contribution in [1.82, 2.24) is 0 Å². The van der Waals surface area contributed by atoms with E-state index in [-0.39, 0.29) is 6.61 Å². The summed E-state index contributed by atoms with van der Waals surface area (Å²) < 4.78 is 10.9. The zero-order valence-electron chi connectivity index (χ0n) is 17.2. The zero-order chi connectivity index (χ0) is 21.2. The number of rotatable bonds is 9. The van der Waals surface area contributed by atoms with Gasteiger partial charge in [-0.1, -0.05) is 78.0 Å². The predicted octanol–water partition coefficient (Wildman–Crippen LogP) is 5.24. The summed E-state index contributed by atoms with van der Waals surface area (Å²) in [6.45, 7) is 4.22. The van der Waals surface area contributed by atoms with E-state index in [9.17, 15) is 4.79 Å². The van der Waals surface area contributed by atoms with Crippen LogP contribution in [0.1, 0.15) is 25.0 Å². The minimum Gasteiger partial charge on any atom is -0.488 e. The van der Waals surface area contributed by atoms with Gasteiger partial charge in [-0.25, -0.2) is 4.79 Å². The van der Waals surface area contributed by atoms with Crippen molar-refractivity contribution in [2.45, 2.75) is 20.5 Å². The Labute approximate surface area is 176 Å². The zero-order valence-corrected chi connectivity index (χ0v) is 17.2. The Kier molecular flexibility index (Phi) is 7.61. The third-order valence-electron chi connectivity index (χ3n) is 4.43. The molecule has 0 N–H and O–H groups in total. The van der Waals surface area contributed by atoms with Gasteiger partial charge in [-0.3, -0.25) is 0 Å². The topological polar surface area (TPSA) is 57.1 Å². The SMILES string of the molecule is CCOC(=O)CON=C(C)c1ccc(-c2ccccc2OCc2ccccc2)cc1. The van der Waals surface area contributed by atoms with Gasteiger partial charge in [0.15, 0.2) is 0 Å². The number of nitrogens with zero attached hydrogens (tertiary/aromatic N) is 1. The Hall–Kier alpha value is -3.60. The van der Waals surface area contributed by atoms with Crippen molar-refractivity contribution in [2.24, 2.45) is 5.16 Å². The van der Waals surface area contributed by atoms with Crippen LogP contribution in [0.3, 0.4) is 0 Å². The second-order valence-electron chi connectivity index (χ2n) is 6.60. The molecule has 0 radical (unpaired) electrons. The number of ether oxygens (including phenoxy) is 2. The van der Waals surface area contributed by atoms with Crippen LogP contribution in [0.5, 0.6) is 5.75 Å². The minimum atomic E-state index is -0.434. The van der Waals surface area contributed by atoms with Gasteiger partial charge in [0.05, 0.1) is 12.3 Å². The van der Waals surface area contributed by atoms with Crippen LogP contribution in [-0.2, 0) is 21.0 Å². The molecule has 0 aliphatic heterocycles. The highest BCUT2D eigenvalue weighted by Crippen LogP contribution is 2.30. The molecular formula is C25H25NO4. The smallest absolute Gasteiger partial charge is 0.347 e. The maximum absolute atomic E-state index is 11.3. The first kappa shape index (κ1) is 21.1. The van der Waals surface area contributed by atoms with Crippen molar-refractivity contribution in [2.75, 3.05) is 13.2 Å². The number of hydrogen-bond donors (Lipinski definition) is 0. The fourth-order valence-corrected chi connectivity index (χ4v) is 2.89. The summed E-state index contributed by atoms with van der Waals surface area (Å²) in [5.74, 6) is 0.397. The average molecular weight is 403 g/mol. The van der Waals surface area contributed by atoms with Crippen LogP contribution in [0.4, 0.5) is 0 Å². The van der Waals surface area contributed by atoms with E-state index in [0.29, 0.717) is 18.9 Å². The summed E-state index contributed by atoms with van der Waals surface area (Å²) >= 11 is 0. The second-order valence-corrected chi connectivity index (χ2v) is 6.60. The molecule has 0 saturated heterocycles. The second kappa shape index (κ2) is 10.8. The van der Waals surface area contributed by atoms with Gasteiger partial charge in [-0.05, 0) is 36.6 Å². The summed E-state index contributed by atoms with van der Waals surface area (Å²) in [5.41, 5.74) is 4.78. The average Bonchev–Trinajstić information content (AvgIpc) is 2.79. The van der Waals surface area contributed by atoms with Crippen LogP contribution in [0.2, 0.25) is 0 Å². The normalized spacial score (nSPS) is 11.1. The van der Waals surface area contributed by atoms with Gasteiger partial charge in [0.1, 0.15) is 12.4 Å². The molecule has 0 bridgehead atoms. The van der Waals surface area contributed by atoms with Crippen molar-refractivity contribution < 1.29 is 19.1 Å². The molecule has 30 heavy (non-hydrogen) atoms. The standard InChI is InChI=1S/C25H25NO4/c1-3-28-25(27)18-30-26-19(2)21-13-15-22(16-14-21)23-11-7-8-12-24(23)29-17-20-9-5-4-6-10-20/h4-16H,3,17-18H2,1-2H3. The Morgan fingerprint density at radius 1 is 0.900 bits per heavy atom. The maximum atomic E-state index is 11.3. The predicted molar refractivity (Wildman–Crippen MR) is 117 cm³/mol. The number of para-hydroxylation sites is 1. The fourth-order valence-electron chi connectivity index (χ4n) is 2.89. The molecule has 0 saturated carbocycles. The van der Waals surface area contributed by atoms with Gasteiger partial charge in [-0.15, -0.1) is 0 Å². The summed E-state index contributed by atoms with van der Waals surface area (Å²) in [6.07, 6.45) is 0. The third-order valence-corrected chi connectivity index (χ3v) is 4.43. The maximum Gasteiger partial charge on any atom is 0.347 e. The molecule has 0 heterocycles. The lowest BCUT2D eigenvalue weighted by Crippen LogP contribution is -2.11. The van der Waals surface area contributed by atoms with Crippen LogP contribution < -0.4 is 4.74 Å². The monoisotopic (exact) mass is 403 g/mol. The molecule has 0 fully saturated rings. The van der Waals surface area contributed by atoms with Crippen LogP contribution >= 0.6 is 0 Å². The van der Waals surface area contributed by atoms with Gasteiger partial charge >= 0.3 is 5.97 Å². The molecule has 5 nitrogen and oxygen atoms in total. The molecule has 0 atom stereocenters. The molecule has 3 rings (SSSR count). The van der Waals surface area contributed by atoms with Gasteiger partial charge in [0.2, 0.25) is 6.61 Å². The Morgan fingerprint density at radius 3 is 2.33 bits per heavy atom. The molecule has 0 unspecified atom stereocenters. The Bertz CT molecular complexity index is 982. The van der Waals surface area contributed by atoms with Gasteiger partial charge in [0.25, 0.3) is 0 Å². The third kappa shape index (κ3) is 5.95. The van der Waals surface area contributed by atoms with E-state index in [2.05, 4.69) is 5.16 Å². The first-order valence-corrected chi connectivity index (χ1v) is 9.86. The molecular weight excluding hydrogens is 378 g/mol. The van der Waals surface area contributed by atoms with Crippen LogP contribution in [0, 0.1) is 0 Å². The van der Waals surface area contributed by atoms with E-state index < -0.39 is 5.97 Å². The quantitative estimate of drug-likeness (QED) is 0.279. The molecule has 0 amide bonds. The minimum absolute atomic E-state index is 0.199. The number of carbonyl (C=O) groups excluding carboxylic acids is 1. The summed E-state index contributed by atoms with van der Waals surface area (Å²) in [4.78, 5) is 16.4. The van der Waals surface area contributed by atoms with Crippen LogP contribution in [-0.4, -0.2) is 24.9 Å². The number of benzene rings is 3. The fraction of sp³-hybridized carbons (Fsp3) is 0.200. The number of oxime groups is 1. The molecule has 3 aromatic rings. The Balaban J connectivity index is 1.68. The molecule has 154 valence electrons. The largest absolute Gasteiger partial charge is 0.488 e. The first-order valence-electron chi connectivity index (χ1n) is 9.86. The first-order chi connectivity index (χ1) is 14.7. The molecule has 3 aromatic carbocycles. The van der Waals surface area contributed by atoms with E-state index in [1.165, 1.54) is 0 Å². The van der Waals surface area contributed by atoms with Gasteiger partial charge < -0.3 is 14.3 Å². The Morgan fingerprint density at radius 2 is 1.60 bits per heavy atom. The van der Waals surface area contributed by atoms with E-state index in [0.717, 1.165) is 28.0 Å². The van der Waals surface area contributed by atoms with Gasteiger partial charge in [-0.2, -0.15) is 0 Å². The summed E-state index contributed by atoms with van der Waals surface area (Å²) in [6, 6.07) is 26.0. The van der Waals surface area contributed by atoms with E-state index in [1.54, 1.807) is 6.92 Å². The van der Waals surface area contributed by atoms with E-state index in [4.69, 9.17) is 14.3 Å². The number of hydrogen-bond acceptors (Lipinski definition) is 5. The van der Waals surface area contributed by atoms with E-state index in [1.807, 2.05) is 85.8 Å². The highest BCUT2D eigenvalue weighted by molar-refractivity contribution is 5.98. The van der Waals surface area contributed by atoms with Crippen molar-refractivity contribution in [3.8, 4) is 16.9 Å². The highest BCUT2D eigenvalue weighted by atomic mass is 16.7. The number of carbonyl (C=O) groups is 1. The molecule has 0 spiro atoms. The van der Waals surface area contributed by atoms with Crippen molar-refractivity contribution in [3.63, 3.8) is 0 Å². The molecule has 5 heteroatoms. The van der Waals surface area contributed by atoms with Crippen LogP contribution in [0.15, 0.2) is 84.0 Å². The van der Waals surface area contributed by atoms with Gasteiger partial charge in [0, 0.05) is 5.56 Å². The lowest BCUT2D eigenvalue weighted by molar-refractivity contribution is -0.148. The molecule has 0 aliphatic carbocycles. The molecule has 0 aliphatic rings. The van der Waals surface area contributed by atoms with Crippen LogP contribution in [0.25, 0.3) is 11.1 Å². The highest BCUT2D eigenvalue weighted by Gasteiger charge is 2.08. The van der Waals surface area contributed by atoms with Crippen molar-refractivity contribution >= 4 is 11.7 Å². The number of esters is 1. The lowest BCUT2D eigenvalue weighted by Gasteiger charge is -2.12. The van der Waals surface area contributed by atoms with E-state index >= 15 is 0 Å². The van der Waals surface area contributed by atoms with Crippen molar-refractivity contribution in [3.05, 3.63) is 90.0 Å².